The highest BCUT2D eigenvalue weighted by Crippen LogP contribution is 2.47. The van der Waals surface area contributed by atoms with E-state index in [0.29, 0.717) is 13.1 Å². The number of carbonyl (C=O) groups is 1. The Morgan fingerprint density at radius 1 is 0.886 bits per heavy atom. The normalized spacial score (nSPS) is 21.6. The van der Waals surface area contributed by atoms with Crippen molar-refractivity contribution in [2.24, 2.45) is 0 Å². The van der Waals surface area contributed by atoms with Crippen molar-refractivity contribution in [2.45, 2.75) is 43.4 Å². The van der Waals surface area contributed by atoms with Crippen LogP contribution in [0.1, 0.15) is 41.9 Å². The Morgan fingerprint density at radius 3 is 2.11 bits per heavy atom. The second-order valence-electron chi connectivity index (χ2n) is 10.3. The summed E-state index contributed by atoms with van der Waals surface area (Å²) in [6, 6.07) is 27.8. The molecule has 2 saturated heterocycles. The fourth-order valence-electron chi connectivity index (χ4n) is 6.37. The lowest BCUT2D eigenvalue weighted by atomic mass is 9.86. The second kappa shape index (κ2) is 9.14. The van der Waals surface area contributed by atoms with Gasteiger partial charge in [-0.15, -0.1) is 0 Å². The van der Waals surface area contributed by atoms with Gasteiger partial charge in [-0.05, 0) is 47.1 Å². The molecule has 1 spiro atoms. The number of benzene rings is 3. The third-order valence-electron chi connectivity index (χ3n) is 8.07. The smallest absolute Gasteiger partial charge is 0.407 e. The van der Waals surface area contributed by atoms with Crippen molar-refractivity contribution < 1.29 is 14.6 Å². The second-order valence-corrected chi connectivity index (χ2v) is 10.3. The van der Waals surface area contributed by atoms with E-state index in [1.807, 2.05) is 6.07 Å². The van der Waals surface area contributed by atoms with Crippen LogP contribution in [-0.4, -0.2) is 58.9 Å². The van der Waals surface area contributed by atoms with E-state index < -0.39 is 11.7 Å². The van der Waals surface area contributed by atoms with Crippen LogP contribution in [0.2, 0.25) is 0 Å². The molecule has 2 aliphatic heterocycles. The first kappa shape index (κ1) is 22.3. The highest BCUT2D eigenvalue weighted by molar-refractivity contribution is 5.78. The molecule has 3 aromatic carbocycles. The van der Waals surface area contributed by atoms with Crippen LogP contribution in [0, 0.1) is 0 Å². The van der Waals surface area contributed by atoms with Gasteiger partial charge >= 0.3 is 6.09 Å². The number of amides is 1. The number of hydrogen-bond acceptors (Lipinski definition) is 3. The van der Waals surface area contributed by atoms with Crippen molar-refractivity contribution in [3.63, 3.8) is 0 Å². The van der Waals surface area contributed by atoms with E-state index in [0.717, 1.165) is 38.9 Å². The van der Waals surface area contributed by atoms with Crippen LogP contribution in [0.3, 0.4) is 0 Å². The number of piperidine rings is 1. The van der Waals surface area contributed by atoms with Gasteiger partial charge in [0, 0.05) is 25.6 Å². The topological polar surface area (TPSA) is 53.0 Å². The summed E-state index contributed by atoms with van der Waals surface area (Å²) < 4.78 is 6.85. The zero-order valence-corrected chi connectivity index (χ0v) is 20.0. The summed E-state index contributed by atoms with van der Waals surface area (Å²) >= 11 is 0. The molecule has 1 N–H and O–H groups in total. The molecular formula is C30H32N2O3. The Kier molecular flexibility index (Phi) is 5.83. The van der Waals surface area contributed by atoms with E-state index in [-0.39, 0.29) is 12.0 Å². The van der Waals surface area contributed by atoms with E-state index in [9.17, 15) is 9.90 Å². The summed E-state index contributed by atoms with van der Waals surface area (Å²) in [5.41, 5.74) is 6.17. The zero-order valence-electron chi connectivity index (χ0n) is 20.0. The van der Waals surface area contributed by atoms with Gasteiger partial charge < -0.3 is 14.7 Å². The minimum Gasteiger partial charge on any atom is -0.465 e. The highest BCUT2D eigenvalue weighted by atomic mass is 16.5. The van der Waals surface area contributed by atoms with Gasteiger partial charge in [0.15, 0.2) is 0 Å². The highest BCUT2D eigenvalue weighted by Gasteiger charge is 2.45. The Morgan fingerprint density at radius 2 is 1.49 bits per heavy atom. The van der Waals surface area contributed by atoms with Crippen molar-refractivity contribution >= 4 is 6.09 Å². The number of morpholine rings is 1. The monoisotopic (exact) mass is 468 g/mol. The fraction of sp³-hybridized carbons (Fsp3) is 0.367. The largest absolute Gasteiger partial charge is 0.465 e. The summed E-state index contributed by atoms with van der Waals surface area (Å²) in [6.07, 6.45) is 1.56. The molecule has 0 aromatic heterocycles. The molecule has 2 fully saturated rings. The number of fused-ring (bicyclic) bond motifs is 3. The molecule has 3 aliphatic rings. The Labute approximate surface area is 206 Å². The third kappa shape index (κ3) is 4.35. The van der Waals surface area contributed by atoms with E-state index in [1.165, 1.54) is 27.8 Å². The molecule has 5 nitrogen and oxygen atoms in total. The maximum atomic E-state index is 12.1. The minimum atomic E-state index is -0.836. The SMILES string of the molecule is O=C(O)N1CC(CC2c3ccccc3-c3ccccc32)OC2(CCN(Cc3ccccc3)CC2)C1. The van der Waals surface area contributed by atoms with Gasteiger partial charge in [-0.25, -0.2) is 4.79 Å². The van der Waals surface area contributed by atoms with Crippen LogP contribution in [0.4, 0.5) is 4.79 Å². The number of hydrogen-bond donors (Lipinski definition) is 1. The molecule has 0 radical (unpaired) electrons. The molecule has 0 bridgehead atoms. The van der Waals surface area contributed by atoms with Gasteiger partial charge in [-0.3, -0.25) is 4.90 Å². The predicted octanol–water partition coefficient (Wildman–Crippen LogP) is 5.60. The summed E-state index contributed by atoms with van der Waals surface area (Å²) in [6.45, 7) is 3.68. The predicted molar refractivity (Wildman–Crippen MR) is 136 cm³/mol. The fourth-order valence-corrected chi connectivity index (χ4v) is 6.37. The van der Waals surface area contributed by atoms with Crippen LogP contribution in [0.5, 0.6) is 0 Å². The van der Waals surface area contributed by atoms with Gasteiger partial charge in [0.25, 0.3) is 0 Å². The first-order valence-corrected chi connectivity index (χ1v) is 12.7. The number of carboxylic acid groups (broad SMARTS) is 1. The molecule has 3 aromatic rings. The van der Waals surface area contributed by atoms with E-state index >= 15 is 0 Å². The average molecular weight is 469 g/mol. The number of likely N-dealkylation sites (tertiary alicyclic amines) is 1. The summed E-state index contributed by atoms with van der Waals surface area (Å²) in [7, 11) is 0. The van der Waals surface area contributed by atoms with Crippen molar-refractivity contribution in [1.29, 1.82) is 0 Å². The van der Waals surface area contributed by atoms with Crippen LogP contribution in [-0.2, 0) is 11.3 Å². The molecule has 2 heterocycles. The molecule has 1 atom stereocenters. The van der Waals surface area contributed by atoms with Crippen molar-refractivity contribution in [3.05, 3.63) is 95.6 Å². The van der Waals surface area contributed by atoms with Crippen LogP contribution in [0.15, 0.2) is 78.9 Å². The maximum absolute atomic E-state index is 12.1. The lowest BCUT2D eigenvalue weighted by Gasteiger charge is -2.49. The Hall–Kier alpha value is -3.15. The first-order valence-electron chi connectivity index (χ1n) is 12.7. The molecule has 1 amide bonds. The average Bonchev–Trinajstić information content (AvgIpc) is 3.20. The van der Waals surface area contributed by atoms with E-state index in [1.54, 1.807) is 4.90 Å². The quantitative estimate of drug-likeness (QED) is 0.541. The minimum absolute atomic E-state index is 0.121. The molecule has 0 saturated carbocycles. The molecule has 1 unspecified atom stereocenters. The summed E-state index contributed by atoms with van der Waals surface area (Å²) in [4.78, 5) is 16.2. The molecule has 1 aliphatic carbocycles. The number of ether oxygens (including phenoxy) is 1. The van der Waals surface area contributed by atoms with Crippen LogP contribution >= 0.6 is 0 Å². The van der Waals surface area contributed by atoms with Gasteiger partial charge in [0.05, 0.1) is 24.8 Å². The lowest BCUT2D eigenvalue weighted by molar-refractivity contribution is -0.171. The maximum Gasteiger partial charge on any atom is 0.407 e. The van der Waals surface area contributed by atoms with Gasteiger partial charge in [-0.1, -0.05) is 78.9 Å². The van der Waals surface area contributed by atoms with Crippen LogP contribution in [0.25, 0.3) is 11.1 Å². The van der Waals surface area contributed by atoms with Gasteiger partial charge in [-0.2, -0.15) is 0 Å². The van der Waals surface area contributed by atoms with E-state index in [2.05, 4.69) is 77.7 Å². The van der Waals surface area contributed by atoms with Crippen molar-refractivity contribution in [3.8, 4) is 11.1 Å². The summed E-state index contributed by atoms with van der Waals surface area (Å²) in [5, 5.41) is 9.95. The van der Waals surface area contributed by atoms with Crippen molar-refractivity contribution in [1.82, 2.24) is 9.80 Å². The number of nitrogens with zero attached hydrogens (tertiary/aromatic N) is 2. The third-order valence-corrected chi connectivity index (χ3v) is 8.07. The van der Waals surface area contributed by atoms with E-state index in [4.69, 9.17) is 4.74 Å². The zero-order chi connectivity index (χ0) is 23.8. The molecule has 5 heteroatoms. The molecule has 35 heavy (non-hydrogen) atoms. The first-order chi connectivity index (χ1) is 17.1. The lowest BCUT2D eigenvalue weighted by Crippen LogP contribution is -2.60. The van der Waals surface area contributed by atoms with Gasteiger partial charge in [0.1, 0.15) is 0 Å². The standard InChI is InChI=1S/C30H32N2O3/c33-29(34)32-20-23(18-28-26-12-6-4-10-24(26)25-11-5-7-13-27(25)28)35-30(21-32)14-16-31(17-15-30)19-22-8-2-1-3-9-22/h1-13,23,28H,14-21H2,(H,33,34). The Bertz CT molecular complexity index is 1160. The molecule has 6 rings (SSSR count). The molecule has 180 valence electrons. The van der Waals surface area contributed by atoms with Crippen LogP contribution < -0.4 is 0 Å². The van der Waals surface area contributed by atoms with Gasteiger partial charge in [0.2, 0.25) is 0 Å². The summed E-state index contributed by atoms with van der Waals surface area (Å²) in [5.74, 6) is 0.233. The Balaban J connectivity index is 1.20. The van der Waals surface area contributed by atoms with Crippen molar-refractivity contribution in [2.75, 3.05) is 26.2 Å². The number of rotatable bonds is 4. The molecular weight excluding hydrogens is 436 g/mol.